The van der Waals surface area contributed by atoms with Crippen molar-refractivity contribution in [3.63, 3.8) is 0 Å². The molecule has 1 heterocycles. The molecule has 0 bridgehead atoms. The van der Waals surface area contributed by atoms with Gasteiger partial charge in [-0.25, -0.2) is 0 Å². The Bertz CT molecular complexity index is 516. The number of allylic oxidation sites excluding steroid dienone is 6. The lowest BCUT2D eigenvalue weighted by molar-refractivity contribution is 0.462. The Morgan fingerprint density at radius 1 is 1.37 bits per heavy atom. The van der Waals surface area contributed by atoms with Crippen LogP contribution in [-0.2, 0) is 0 Å². The van der Waals surface area contributed by atoms with E-state index in [-0.39, 0.29) is 5.41 Å². The molecule has 1 N–H and O–H groups in total. The lowest BCUT2D eigenvalue weighted by Gasteiger charge is -2.16. The number of hydrogen-bond donors (Lipinski definition) is 1. The molecular weight excluding hydrogens is 230 g/mol. The first kappa shape index (κ1) is 13.7. The third-order valence-electron chi connectivity index (χ3n) is 3.77. The van der Waals surface area contributed by atoms with E-state index in [0.29, 0.717) is 0 Å². The first-order valence-electron chi connectivity index (χ1n) is 7.10. The Labute approximate surface area is 117 Å². The molecule has 0 atom stereocenters. The zero-order chi connectivity index (χ0) is 13.7. The summed E-state index contributed by atoms with van der Waals surface area (Å²) in [7, 11) is 0. The Morgan fingerprint density at radius 3 is 3.00 bits per heavy atom. The molecule has 0 saturated carbocycles. The first-order chi connectivity index (χ1) is 9.11. The van der Waals surface area contributed by atoms with Gasteiger partial charge >= 0.3 is 0 Å². The van der Waals surface area contributed by atoms with Crippen LogP contribution in [-0.4, -0.2) is 0 Å². The zero-order valence-corrected chi connectivity index (χ0v) is 12.2. The molecule has 1 aliphatic heterocycles. The van der Waals surface area contributed by atoms with Crippen molar-refractivity contribution in [2.24, 2.45) is 5.41 Å². The van der Waals surface area contributed by atoms with E-state index < -0.39 is 0 Å². The fraction of sp³-hybridized carbons (Fsp3) is 0.444. The third-order valence-corrected chi connectivity index (χ3v) is 3.77. The second kappa shape index (κ2) is 5.97. The molecule has 1 nitrogen and oxygen atoms in total. The Morgan fingerprint density at radius 2 is 2.21 bits per heavy atom. The maximum Gasteiger partial charge on any atom is 0.0384 e. The van der Waals surface area contributed by atoms with Gasteiger partial charge in [-0.2, -0.15) is 0 Å². The van der Waals surface area contributed by atoms with Crippen molar-refractivity contribution >= 4 is 0 Å². The van der Waals surface area contributed by atoms with Crippen molar-refractivity contribution < 1.29 is 0 Å². The Kier molecular flexibility index (Phi) is 4.32. The summed E-state index contributed by atoms with van der Waals surface area (Å²) in [6.45, 7) is 6.75. The van der Waals surface area contributed by atoms with Crippen LogP contribution in [0.2, 0.25) is 0 Å². The van der Waals surface area contributed by atoms with Crippen LogP contribution in [0.25, 0.3) is 0 Å². The molecular formula is C18H23N. The van der Waals surface area contributed by atoms with Gasteiger partial charge in [-0.15, -0.1) is 0 Å². The van der Waals surface area contributed by atoms with Crippen LogP contribution in [0.4, 0.5) is 0 Å². The van der Waals surface area contributed by atoms with E-state index in [0.717, 1.165) is 25.7 Å². The van der Waals surface area contributed by atoms with E-state index in [1.165, 1.54) is 17.0 Å². The molecule has 0 fully saturated rings. The monoisotopic (exact) mass is 253 g/mol. The molecule has 0 aromatic heterocycles. The van der Waals surface area contributed by atoms with E-state index in [1.54, 1.807) is 0 Å². The highest BCUT2D eigenvalue weighted by molar-refractivity contribution is 5.41. The van der Waals surface area contributed by atoms with Gasteiger partial charge in [0.1, 0.15) is 0 Å². The molecule has 0 aromatic rings. The second-order valence-electron chi connectivity index (χ2n) is 5.85. The van der Waals surface area contributed by atoms with Crippen LogP contribution in [0.15, 0.2) is 47.3 Å². The summed E-state index contributed by atoms with van der Waals surface area (Å²) in [5.41, 5.74) is 4.23. The summed E-state index contributed by atoms with van der Waals surface area (Å²) in [5.74, 6) is 6.38. The largest absolute Gasteiger partial charge is 0.359 e. The van der Waals surface area contributed by atoms with E-state index in [4.69, 9.17) is 0 Å². The van der Waals surface area contributed by atoms with Gasteiger partial charge in [-0.3, -0.25) is 0 Å². The highest BCUT2D eigenvalue weighted by atomic mass is 14.9. The molecule has 0 aromatic carbocycles. The molecule has 0 saturated heterocycles. The van der Waals surface area contributed by atoms with Crippen LogP contribution < -0.4 is 5.32 Å². The van der Waals surface area contributed by atoms with E-state index >= 15 is 0 Å². The molecule has 0 radical (unpaired) electrons. The quantitative estimate of drug-likeness (QED) is 0.732. The molecule has 1 aliphatic carbocycles. The summed E-state index contributed by atoms with van der Waals surface area (Å²) in [6, 6.07) is 0. The van der Waals surface area contributed by atoms with Crippen LogP contribution in [0.1, 0.15) is 46.5 Å². The molecule has 2 aliphatic rings. The predicted molar refractivity (Wildman–Crippen MR) is 82.2 cm³/mol. The number of rotatable bonds is 3. The zero-order valence-electron chi connectivity index (χ0n) is 12.2. The highest BCUT2D eigenvalue weighted by Gasteiger charge is 2.15. The molecule has 2 rings (SSSR count). The summed E-state index contributed by atoms with van der Waals surface area (Å²) in [5, 5.41) is 3.50. The Hall–Kier alpha value is -1.68. The molecule has 0 spiro atoms. The fourth-order valence-corrected chi connectivity index (χ4v) is 2.07. The highest BCUT2D eigenvalue weighted by Crippen LogP contribution is 2.26. The van der Waals surface area contributed by atoms with E-state index in [1.807, 2.05) is 0 Å². The van der Waals surface area contributed by atoms with Crippen LogP contribution in [0.5, 0.6) is 0 Å². The number of nitrogens with one attached hydrogen (secondary N) is 1. The van der Waals surface area contributed by atoms with Crippen molar-refractivity contribution in [1.82, 2.24) is 5.32 Å². The van der Waals surface area contributed by atoms with Gasteiger partial charge in [0.05, 0.1) is 0 Å². The minimum Gasteiger partial charge on any atom is -0.359 e. The standard InChI is InChI=1S/C18H23N/c1-4-18(2,3)13-9-11-16-14-15-10-7-5-6-8-12-17(15)19-16/h8-9,11-13,19H,4,6,10,14H2,1-3H3/b12-8-,13-9-,16-11+. The third kappa shape index (κ3) is 3.89. The van der Waals surface area contributed by atoms with Gasteiger partial charge in [0, 0.05) is 30.7 Å². The van der Waals surface area contributed by atoms with Crippen molar-refractivity contribution in [2.75, 3.05) is 0 Å². The molecule has 100 valence electrons. The van der Waals surface area contributed by atoms with Crippen LogP contribution in [0, 0.1) is 17.3 Å². The van der Waals surface area contributed by atoms with Gasteiger partial charge in [-0.1, -0.05) is 50.8 Å². The van der Waals surface area contributed by atoms with Crippen molar-refractivity contribution in [3.05, 3.63) is 47.3 Å². The maximum atomic E-state index is 3.50. The fourth-order valence-electron chi connectivity index (χ4n) is 2.07. The maximum absolute atomic E-state index is 3.50. The Balaban J connectivity index is 2.03. The SMILES string of the molecule is CCC(C)(C)/C=C\C=C1/CC2=C(/C=C\CC#CC2)N1. The average molecular weight is 253 g/mol. The van der Waals surface area contributed by atoms with Gasteiger partial charge in [0.2, 0.25) is 0 Å². The van der Waals surface area contributed by atoms with E-state index in [2.05, 4.69) is 68.3 Å². The summed E-state index contributed by atoms with van der Waals surface area (Å²) in [6.07, 6.45) is 14.9. The normalized spacial score (nSPS) is 22.6. The average Bonchev–Trinajstić information content (AvgIpc) is 2.71. The molecule has 0 amide bonds. The predicted octanol–water partition coefficient (Wildman–Crippen LogP) is 4.46. The molecule has 19 heavy (non-hydrogen) atoms. The van der Waals surface area contributed by atoms with Gasteiger partial charge in [-0.05, 0) is 29.6 Å². The van der Waals surface area contributed by atoms with Crippen LogP contribution in [0.3, 0.4) is 0 Å². The van der Waals surface area contributed by atoms with Crippen LogP contribution >= 0.6 is 0 Å². The van der Waals surface area contributed by atoms with E-state index in [9.17, 15) is 0 Å². The smallest absolute Gasteiger partial charge is 0.0384 e. The van der Waals surface area contributed by atoms with Crippen molar-refractivity contribution in [1.29, 1.82) is 0 Å². The van der Waals surface area contributed by atoms with Gasteiger partial charge in [0.15, 0.2) is 0 Å². The summed E-state index contributed by atoms with van der Waals surface area (Å²) < 4.78 is 0. The second-order valence-corrected chi connectivity index (χ2v) is 5.85. The minimum absolute atomic E-state index is 0.281. The lowest BCUT2D eigenvalue weighted by Crippen LogP contribution is -2.05. The van der Waals surface area contributed by atoms with Gasteiger partial charge < -0.3 is 5.32 Å². The first-order valence-corrected chi connectivity index (χ1v) is 7.10. The topological polar surface area (TPSA) is 12.0 Å². The van der Waals surface area contributed by atoms with Crippen molar-refractivity contribution in [3.8, 4) is 11.8 Å². The lowest BCUT2D eigenvalue weighted by atomic mass is 9.90. The van der Waals surface area contributed by atoms with Gasteiger partial charge in [0.25, 0.3) is 0 Å². The summed E-state index contributed by atoms with van der Waals surface area (Å²) >= 11 is 0. The molecule has 1 heteroatoms. The minimum atomic E-state index is 0.281. The summed E-state index contributed by atoms with van der Waals surface area (Å²) in [4.78, 5) is 0. The number of hydrogen-bond acceptors (Lipinski definition) is 1. The molecule has 0 unspecified atom stereocenters. The van der Waals surface area contributed by atoms with Crippen molar-refractivity contribution in [2.45, 2.75) is 46.5 Å².